The smallest absolute Gasteiger partial charge is 0.237 e. The number of hydrogen-bond donors (Lipinski definition) is 2. The van der Waals surface area contributed by atoms with Crippen molar-refractivity contribution in [1.82, 2.24) is 19.6 Å². The second-order valence-corrected chi connectivity index (χ2v) is 6.69. The molecule has 24 heavy (non-hydrogen) atoms. The van der Waals surface area contributed by atoms with Crippen LogP contribution in [0.2, 0.25) is 0 Å². The van der Waals surface area contributed by atoms with Crippen LogP contribution >= 0.6 is 11.8 Å². The van der Waals surface area contributed by atoms with E-state index in [0.717, 1.165) is 21.9 Å². The van der Waals surface area contributed by atoms with Crippen molar-refractivity contribution in [3.63, 3.8) is 0 Å². The van der Waals surface area contributed by atoms with Gasteiger partial charge in [-0.3, -0.25) is 9.20 Å². The number of nitrogens with zero attached hydrogens (tertiary/aromatic N) is 3. The number of aromatic nitrogens is 4. The molecule has 0 aliphatic rings. The van der Waals surface area contributed by atoms with E-state index in [0.29, 0.717) is 5.78 Å². The Morgan fingerprint density at radius 2 is 1.92 bits per heavy atom. The Hall–Kier alpha value is -2.80. The number of para-hydroxylation sites is 3. The average molecular weight is 337 g/mol. The van der Waals surface area contributed by atoms with Gasteiger partial charge in [-0.1, -0.05) is 42.1 Å². The van der Waals surface area contributed by atoms with Gasteiger partial charge in [-0.15, -0.1) is 5.10 Å². The molecule has 2 heterocycles. The van der Waals surface area contributed by atoms with Crippen LogP contribution in [0.4, 0.5) is 5.69 Å². The average Bonchev–Trinajstić information content (AvgIpc) is 3.15. The molecule has 2 aromatic heterocycles. The highest BCUT2D eigenvalue weighted by molar-refractivity contribution is 8.00. The molecule has 1 unspecified atom stereocenters. The first-order chi connectivity index (χ1) is 11.7. The van der Waals surface area contributed by atoms with Gasteiger partial charge in [0.15, 0.2) is 5.16 Å². The molecule has 6 nitrogen and oxygen atoms in total. The number of carbonyl (C=O) groups excluding carboxylic acids is 1. The molecule has 0 radical (unpaired) electrons. The van der Waals surface area contributed by atoms with Crippen LogP contribution in [-0.4, -0.2) is 30.7 Å². The number of nitrogens with one attached hydrogen (secondary N) is 2. The van der Waals surface area contributed by atoms with Crippen LogP contribution in [0.5, 0.6) is 0 Å². The van der Waals surface area contributed by atoms with Crippen molar-refractivity contribution in [1.29, 1.82) is 0 Å². The molecule has 0 saturated heterocycles. The quantitative estimate of drug-likeness (QED) is 0.560. The third kappa shape index (κ3) is 2.63. The van der Waals surface area contributed by atoms with Gasteiger partial charge in [0.2, 0.25) is 11.7 Å². The van der Waals surface area contributed by atoms with Gasteiger partial charge in [-0.2, -0.15) is 0 Å². The second kappa shape index (κ2) is 6.01. The molecular weight excluding hydrogens is 322 g/mol. The molecule has 120 valence electrons. The standard InChI is InChI=1S/C17H15N5OS/c1-11(15(23)18-12-7-3-2-4-8-12)24-17-21-20-16-19-13-9-5-6-10-14(13)22(16)17/h2-11H,1H3,(H,18,23)(H,19,20). The highest BCUT2D eigenvalue weighted by Gasteiger charge is 2.19. The van der Waals surface area contributed by atoms with E-state index in [9.17, 15) is 4.79 Å². The van der Waals surface area contributed by atoms with Crippen LogP contribution in [0.15, 0.2) is 59.8 Å². The normalized spacial score (nSPS) is 12.5. The van der Waals surface area contributed by atoms with Crippen LogP contribution in [-0.2, 0) is 4.79 Å². The summed E-state index contributed by atoms with van der Waals surface area (Å²) in [5.74, 6) is 0.612. The summed E-state index contributed by atoms with van der Waals surface area (Å²) in [7, 11) is 0. The van der Waals surface area contributed by atoms with Gasteiger partial charge in [0, 0.05) is 5.69 Å². The number of carbonyl (C=O) groups is 1. The lowest BCUT2D eigenvalue weighted by Gasteiger charge is -2.10. The summed E-state index contributed by atoms with van der Waals surface area (Å²) in [5, 5.41) is 10.5. The third-order valence-corrected chi connectivity index (χ3v) is 4.75. The first kappa shape index (κ1) is 14.8. The second-order valence-electron chi connectivity index (χ2n) is 5.38. The molecule has 2 aromatic carbocycles. The van der Waals surface area contributed by atoms with Gasteiger partial charge in [0.05, 0.1) is 16.3 Å². The van der Waals surface area contributed by atoms with Crippen LogP contribution < -0.4 is 5.32 Å². The van der Waals surface area contributed by atoms with Crippen LogP contribution in [0, 0.1) is 0 Å². The lowest BCUT2D eigenvalue weighted by Crippen LogP contribution is -2.22. The zero-order valence-corrected chi connectivity index (χ0v) is 13.7. The Morgan fingerprint density at radius 1 is 1.17 bits per heavy atom. The summed E-state index contributed by atoms with van der Waals surface area (Å²) < 4.78 is 1.94. The Morgan fingerprint density at radius 3 is 2.75 bits per heavy atom. The number of anilines is 1. The monoisotopic (exact) mass is 337 g/mol. The number of H-pyrrole nitrogens is 1. The molecule has 4 aromatic rings. The van der Waals surface area contributed by atoms with Crippen molar-refractivity contribution < 1.29 is 4.79 Å². The molecule has 0 saturated carbocycles. The van der Waals surface area contributed by atoms with Crippen molar-refractivity contribution in [2.45, 2.75) is 17.3 Å². The largest absolute Gasteiger partial charge is 0.325 e. The van der Waals surface area contributed by atoms with E-state index in [-0.39, 0.29) is 11.2 Å². The van der Waals surface area contributed by atoms with Crippen LogP contribution in [0.3, 0.4) is 0 Å². The molecule has 7 heteroatoms. The molecule has 1 amide bonds. The summed E-state index contributed by atoms with van der Waals surface area (Å²) in [6, 6.07) is 17.3. The lowest BCUT2D eigenvalue weighted by molar-refractivity contribution is -0.115. The molecule has 1 atom stereocenters. The molecular formula is C17H15N5OS. The molecule has 0 spiro atoms. The topological polar surface area (TPSA) is 75.1 Å². The summed E-state index contributed by atoms with van der Waals surface area (Å²) in [5.41, 5.74) is 2.66. The summed E-state index contributed by atoms with van der Waals surface area (Å²) >= 11 is 1.40. The summed E-state index contributed by atoms with van der Waals surface area (Å²) in [6.07, 6.45) is 0. The number of imidazole rings is 1. The number of thioether (sulfide) groups is 1. The fourth-order valence-corrected chi connectivity index (χ4v) is 3.37. The Bertz CT molecular complexity index is 1010. The highest BCUT2D eigenvalue weighted by Crippen LogP contribution is 2.26. The number of aromatic amines is 1. The van der Waals surface area contributed by atoms with Crippen molar-refractivity contribution in [3.05, 3.63) is 54.6 Å². The Labute approximate surface area is 142 Å². The van der Waals surface area contributed by atoms with E-state index >= 15 is 0 Å². The lowest BCUT2D eigenvalue weighted by atomic mass is 10.3. The molecule has 0 aliphatic carbocycles. The molecule has 0 bridgehead atoms. The minimum Gasteiger partial charge on any atom is -0.325 e. The molecule has 0 aliphatic heterocycles. The number of fused-ring (bicyclic) bond motifs is 3. The maximum Gasteiger partial charge on any atom is 0.237 e. The molecule has 0 fully saturated rings. The van der Waals surface area contributed by atoms with E-state index in [2.05, 4.69) is 20.5 Å². The van der Waals surface area contributed by atoms with Crippen LogP contribution in [0.25, 0.3) is 16.8 Å². The maximum atomic E-state index is 12.4. The van der Waals surface area contributed by atoms with Gasteiger partial charge in [-0.25, -0.2) is 10.1 Å². The first-order valence-electron chi connectivity index (χ1n) is 7.56. The van der Waals surface area contributed by atoms with Crippen molar-refractivity contribution in [3.8, 4) is 0 Å². The predicted octanol–water partition coefficient (Wildman–Crippen LogP) is 3.33. The predicted molar refractivity (Wildman–Crippen MR) is 95.2 cm³/mol. The molecule has 2 N–H and O–H groups in total. The van der Waals surface area contributed by atoms with Crippen LogP contribution in [0.1, 0.15) is 6.92 Å². The van der Waals surface area contributed by atoms with Gasteiger partial charge in [-0.05, 0) is 31.2 Å². The van der Waals surface area contributed by atoms with Crippen molar-refractivity contribution >= 4 is 40.2 Å². The summed E-state index contributed by atoms with van der Waals surface area (Å²) in [4.78, 5) is 16.9. The van der Waals surface area contributed by atoms with E-state index < -0.39 is 0 Å². The fraction of sp³-hybridized carbons (Fsp3) is 0.118. The number of rotatable bonds is 4. The minimum atomic E-state index is -0.294. The maximum absolute atomic E-state index is 12.4. The molecule has 4 rings (SSSR count). The Balaban J connectivity index is 1.58. The first-order valence-corrected chi connectivity index (χ1v) is 8.44. The Kier molecular flexibility index (Phi) is 3.70. The third-order valence-electron chi connectivity index (χ3n) is 3.70. The zero-order valence-electron chi connectivity index (χ0n) is 12.9. The van der Waals surface area contributed by atoms with E-state index in [1.165, 1.54) is 11.8 Å². The van der Waals surface area contributed by atoms with E-state index in [1.54, 1.807) is 0 Å². The van der Waals surface area contributed by atoms with Crippen molar-refractivity contribution in [2.24, 2.45) is 0 Å². The number of benzene rings is 2. The van der Waals surface area contributed by atoms with E-state index in [1.807, 2.05) is 65.9 Å². The number of amides is 1. The van der Waals surface area contributed by atoms with Gasteiger partial charge in [0.25, 0.3) is 0 Å². The minimum absolute atomic E-state index is 0.0632. The van der Waals surface area contributed by atoms with E-state index in [4.69, 9.17) is 0 Å². The van der Waals surface area contributed by atoms with Crippen molar-refractivity contribution in [2.75, 3.05) is 5.32 Å². The van der Waals surface area contributed by atoms with Gasteiger partial charge in [0.1, 0.15) is 0 Å². The highest BCUT2D eigenvalue weighted by atomic mass is 32.2. The zero-order chi connectivity index (χ0) is 16.5. The SMILES string of the molecule is CC(Sc1n[nH]c2nc3ccccc3n12)C(=O)Nc1ccccc1. The fourth-order valence-electron chi connectivity index (χ4n) is 2.50. The summed E-state index contributed by atoms with van der Waals surface area (Å²) in [6.45, 7) is 1.86. The number of hydrogen-bond acceptors (Lipinski definition) is 4. The van der Waals surface area contributed by atoms with Gasteiger partial charge >= 0.3 is 0 Å². The van der Waals surface area contributed by atoms with Gasteiger partial charge < -0.3 is 5.32 Å².